The number of aromatic amines is 1. The number of carbonyl (C=O) groups excluding carboxylic acids is 1. The Kier molecular flexibility index (Phi) is 6.12. The van der Waals surface area contributed by atoms with E-state index in [0.29, 0.717) is 28.5 Å². The summed E-state index contributed by atoms with van der Waals surface area (Å²) in [5, 5.41) is 9.42. The molecule has 30 heavy (non-hydrogen) atoms. The van der Waals surface area contributed by atoms with Crippen LogP contribution in [0.2, 0.25) is 0 Å². The van der Waals surface area contributed by atoms with E-state index in [9.17, 15) is 13.2 Å². The maximum absolute atomic E-state index is 13.5. The van der Waals surface area contributed by atoms with Crippen LogP contribution < -0.4 is 14.4 Å². The molecule has 2 N–H and O–H groups in total. The number of hydrogen-bond acceptors (Lipinski definition) is 5. The van der Waals surface area contributed by atoms with Crippen LogP contribution in [0, 0.1) is 20.8 Å². The summed E-state index contributed by atoms with van der Waals surface area (Å²) >= 11 is 0. The SMILES string of the molecule is COc1ccc(N(CC(=O)Nc2ccc(C)cc2)S(=O)(=O)c2c(C)n[nH]c2C)cc1. The van der Waals surface area contributed by atoms with E-state index in [-0.39, 0.29) is 4.90 Å². The number of anilines is 2. The second-order valence-electron chi connectivity index (χ2n) is 6.89. The standard InChI is InChI=1S/C21H24N4O4S/c1-14-5-7-17(8-6-14)22-20(26)13-25(18-9-11-19(29-4)12-10-18)30(27,28)21-15(2)23-24-16(21)3/h5-12H,13H2,1-4H3,(H,22,26)(H,23,24). The van der Waals surface area contributed by atoms with Crippen LogP contribution in [0.25, 0.3) is 0 Å². The molecule has 8 nitrogen and oxygen atoms in total. The third kappa shape index (κ3) is 4.46. The molecule has 0 aliphatic carbocycles. The first-order chi connectivity index (χ1) is 14.2. The number of ether oxygens (including phenoxy) is 1. The van der Waals surface area contributed by atoms with E-state index in [1.807, 2.05) is 19.1 Å². The summed E-state index contributed by atoms with van der Waals surface area (Å²) in [4.78, 5) is 12.8. The van der Waals surface area contributed by atoms with Gasteiger partial charge in [-0.05, 0) is 57.2 Å². The largest absolute Gasteiger partial charge is 0.497 e. The molecule has 0 bridgehead atoms. The van der Waals surface area contributed by atoms with Crippen molar-refractivity contribution in [3.63, 3.8) is 0 Å². The van der Waals surface area contributed by atoms with Gasteiger partial charge in [0.1, 0.15) is 17.2 Å². The lowest BCUT2D eigenvalue weighted by molar-refractivity contribution is -0.114. The maximum atomic E-state index is 13.5. The highest BCUT2D eigenvalue weighted by Crippen LogP contribution is 2.28. The van der Waals surface area contributed by atoms with Crippen molar-refractivity contribution in [1.29, 1.82) is 0 Å². The zero-order valence-electron chi connectivity index (χ0n) is 17.3. The van der Waals surface area contributed by atoms with Crippen molar-refractivity contribution in [2.45, 2.75) is 25.7 Å². The lowest BCUT2D eigenvalue weighted by Gasteiger charge is -2.24. The number of amides is 1. The summed E-state index contributed by atoms with van der Waals surface area (Å²) in [6, 6.07) is 13.8. The highest BCUT2D eigenvalue weighted by atomic mass is 32.2. The third-order valence-electron chi connectivity index (χ3n) is 4.59. The fraction of sp³-hybridized carbons (Fsp3) is 0.238. The normalized spacial score (nSPS) is 11.2. The van der Waals surface area contributed by atoms with Gasteiger partial charge in [0.25, 0.3) is 10.0 Å². The first kappa shape index (κ1) is 21.4. The minimum absolute atomic E-state index is 0.0569. The number of H-pyrrole nitrogens is 1. The Morgan fingerprint density at radius 3 is 2.23 bits per heavy atom. The van der Waals surface area contributed by atoms with Gasteiger partial charge in [-0.3, -0.25) is 14.2 Å². The van der Waals surface area contributed by atoms with Gasteiger partial charge in [-0.25, -0.2) is 8.42 Å². The molecule has 0 saturated heterocycles. The van der Waals surface area contributed by atoms with E-state index in [2.05, 4.69) is 15.5 Å². The number of aryl methyl sites for hydroxylation is 3. The van der Waals surface area contributed by atoms with Crippen molar-refractivity contribution in [3.05, 3.63) is 65.5 Å². The molecule has 158 valence electrons. The van der Waals surface area contributed by atoms with Gasteiger partial charge in [0.05, 0.1) is 24.2 Å². The summed E-state index contributed by atoms with van der Waals surface area (Å²) < 4.78 is 33.2. The highest BCUT2D eigenvalue weighted by Gasteiger charge is 2.31. The van der Waals surface area contributed by atoms with Crippen LogP contribution in [-0.2, 0) is 14.8 Å². The predicted molar refractivity (Wildman–Crippen MR) is 115 cm³/mol. The van der Waals surface area contributed by atoms with Gasteiger partial charge in [0, 0.05) is 5.69 Å². The van der Waals surface area contributed by atoms with Crippen molar-refractivity contribution < 1.29 is 17.9 Å². The molecule has 0 saturated carbocycles. The molecule has 0 unspecified atom stereocenters. The Labute approximate surface area is 175 Å². The molecule has 1 heterocycles. The van der Waals surface area contributed by atoms with Crippen LogP contribution in [0.3, 0.4) is 0 Å². The summed E-state index contributed by atoms with van der Waals surface area (Å²) in [7, 11) is -2.52. The minimum Gasteiger partial charge on any atom is -0.497 e. The number of benzene rings is 2. The monoisotopic (exact) mass is 428 g/mol. The molecule has 1 aromatic heterocycles. The van der Waals surface area contributed by atoms with Crippen molar-refractivity contribution in [3.8, 4) is 5.75 Å². The van der Waals surface area contributed by atoms with E-state index in [1.54, 1.807) is 50.2 Å². The second-order valence-corrected chi connectivity index (χ2v) is 8.69. The van der Waals surface area contributed by atoms with E-state index >= 15 is 0 Å². The molecule has 1 amide bonds. The van der Waals surface area contributed by atoms with Gasteiger partial charge in [-0.15, -0.1) is 0 Å². The molecular weight excluding hydrogens is 404 g/mol. The molecular formula is C21H24N4O4S. The average Bonchev–Trinajstić information content (AvgIpc) is 3.07. The highest BCUT2D eigenvalue weighted by molar-refractivity contribution is 7.93. The Balaban J connectivity index is 1.96. The van der Waals surface area contributed by atoms with Crippen LogP contribution >= 0.6 is 0 Å². The molecule has 3 rings (SSSR count). The average molecular weight is 429 g/mol. The number of hydrogen-bond donors (Lipinski definition) is 2. The van der Waals surface area contributed by atoms with Gasteiger partial charge in [-0.2, -0.15) is 5.10 Å². The van der Waals surface area contributed by atoms with Crippen LogP contribution in [0.15, 0.2) is 53.4 Å². The number of nitrogens with zero attached hydrogens (tertiary/aromatic N) is 2. The number of rotatable bonds is 7. The smallest absolute Gasteiger partial charge is 0.268 e. The van der Waals surface area contributed by atoms with Gasteiger partial charge >= 0.3 is 0 Å². The van der Waals surface area contributed by atoms with Crippen LogP contribution in [0.4, 0.5) is 11.4 Å². The number of methoxy groups -OCH3 is 1. The molecule has 0 fully saturated rings. The Bertz CT molecular complexity index is 1120. The summed E-state index contributed by atoms with van der Waals surface area (Å²) in [6.07, 6.45) is 0. The van der Waals surface area contributed by atoms with Crippen molar-refractivity contribution in [2.24, 2.45) is 0 Å². The fourth-order valence-corrected chi connectivity index (χ4v) is 4.82. The Morgan fingerprint density at radius 1 is 1.07 bits per heavy atom. The number of carbonyl (C=O) groups is 1. The lowest BCUT2D eigenvalue weighted by atomic mass is 10.2. The second kappa shape index (κ2) is 8.58. The van der Waals surface area contributed by atoms with Crippen LogP contribution in [-0.4, -0.2) is 38.2 Å². The molecule has 0 aliphatic heterocycles. The summed E-state index contributed by atoms with van der Waals surface area (Å²) in [6.45, 7) is 4.78. The third-order valence-corrected chi connectivity index (χ3v) is 6.63. The topological polar surface area (TPSA) is 104 Å². The molecule has 3 aromatic rings. The van der Waals surface area contributed by atoms with E-state index in [1.165, 1.54) is 7.11 Å². The Morgan fingerprint density at radius 2 is 1.70 bits per heavy atom. The molecule has 9 heteroatoms. The van der Waals surface area contributed by atoms with Crippen molar-refractivity contribution >= 4 is 27.3 Å². The Hall–Kier alpha value is -3.33. The molecule has 0 atom stereocenters. The van der Waals surface area contributed by atoms with Gasteiger partial charge in [-0.1, -0.05) is 17.7 Å². The van der Waals surface area contributed by atoms with Gasteiger partial charge < -0.3 is 10.1 Å². The first-order valence-corrected chi connectivity index (χ1v) is 10.7. The minimum atomic E-state index is -4.05. The summed E-state index contributed by atoms with van der Waals surface area (Å²) in [5.41, 5.74) is 2.74. The first-order valence-electron chi connectivity index (χ1n) is 9.27. The quantitative estimate of drug-likeness (QED) is 0.601. The number of aromatic nitrogens is 2. The van der Waals surface area contributed by atoms with E-state index in [4.69, 9.17) is 4.74 Å². The van der Waals surface area contributed by atoms with Crippen molar-refractivity contribution in [2.75, 3.05) is 23.3 Å². The molecule has 0 spiro atoms. The maximum Gasteiger partial charge on any atom is 0.268 e. The van der Waals surface area contributed by atoms with Gasteiger partial charge in [0.15, 0.2) is 0 Å². The van der Waals surface area contributed by atoms with Crippen molar-refractivity contribution in [1.82, 2.24) is 10.2 Å². The fourth-order valence-electron chi connectivity index (χ4n) is 3.06. The molecule has 2 aromatic carbocycles. The number of sulfonamides is 1. The van der Waals surface area contributed by atoms with E-state index < -0.39 is 22.5 Å². The number of nitrogens with one attached hydrogen (secondary N) is 2. The molecule has 0 aliphatic rings. The zero-order chi connectivity index (χ0) is 21.9. The molecule has 0 radical (unpaired) electrons. The van der Waals surface area contributed by atoms with Crippen LogP contribution in [0.5, 0.6) is 5.75 Å². The zero-order valence-corrected chi connectivity index (χ0v) is 18.1. The van der Waals surface area contributed by atoms with Crippen LogP contribution in [0.1, 0.15) is 17.0 Å². The van der Waals surface area contributed by atoms with E-state index in [0.717, 1.165) is 9.87 Å². The summed E-state index contributed by atoms with van der Waals surface area (Å²) in [5.74, 6) is 0.118. The lowest BCUT2D eigenvalue weighted by Crippen LogP contribution is -2.38. The van der Waals surface area contributed by atoms with Gasteiger partial charge in [0.2, 0.25) is 5.91 Å². The predicted octanol–water partition coefficient (Wildman–Crippen LogP) is 3.18.